The number of rotatable bonds is 12. The number of carbonyl (C=O) groups is 4. The second-order valence-electron chi connectivity index (χ2n) is 15.4. The number of methoxy groups -OCH3 is 1. The first-order chi connectivity index (χ1) is 27.0. The van der Waals surface area contributed by atoms with Crippen molar-refractivity contribution in [2.24, 2.45) is 16.8 Å². The van der Waals surface area contributed by atoms with Gasteiger partial charge in [0.25, 0.3) is 0 Å². The number of hydrogen-bond donors (Lipinski definition) is 4. The van der Waals surface area contributed by atoms with Gasteiger partial charge in [0.2, 0.25) is 17.7 Å². The maximum absolute atomic E-state index is 13.6. The molecule has 6 heterocycles. The number of likely N-dealkylation sites (tertiary alicyclic amines) is 2. The smallest absolute Gasteiger partial charge is 0.407 e. The Kier molecular flexibility index (Phi) is 11.7. The topological polar surface area (TPSA) is 169 Å². The SMILES string of the molecule is COC(=O)N[C@H](C(=O)N1CCCC1C1=NC=C(c2csc3c(-c4ccc(-c5cnc([C@@H]6CCCN6C(=O)[C@@H](NC(=O)CO)C(C)C)[nH]5)cc4)csc23)C1)C(C)C. The first kappa shape index (κ1) is 39.4. The number of aromatic amines is 1. The molecule has 4 aromatic rings. The number of nitrogens with zero attached hydrogens (tertiary/aromatic N) is 4. The van der Waals surface area contributed by atoms with Gasteiger partial charge < -0.3 is 35.3 Å². The molecule has 56 heavy (non-hydrogen) atoms. The second-order valence-corrected chi connectivity index (χ2v) is 17.1. The number of amides is 4. The molecule has 0 radical (unpaired) electrons. The molecule has 3 aliphatic heterocycles. The second kappa shape index (κ2) is 16.7. The molecule has 13 nitrogen and oxygen atoms in total. The van der Waals surface area contributed by atoms with Gasteiger partial charge in [0.15, 0.2) is 0 Å². The Labute approximate surface area is 334 Å². The van der Waals surface area contributed by atoms with Crippen molar-refractivity contribution in [1.29, 1.82) is 0 Å². The fourth-order valence-electron chi connectivity index (χ4n) is 8.02. The summed E-state index contributed by atoms with van der Waals surface area (Å²) in [7, 11) is 1.30. The largest absolute Gasteiger partial charge is 0.453 e. The summed E-state index contributed by atoms with van der Waals surface area (Å²) >= 11 is 3.46. The number of nitrogens with one attached hydrogen (secondary N) is 3. The molecular weight excluding hydrogens is 751 g/mol. The lowest BCUT2D eigenvalue weighted by molar-refractivity contribution is -0.139. The normalized spacial score (nSPS) is 19.4. The summed E-state index contributed by atoms with van der Waals surface area (Å²) in [6, 6.07) is 6.71. The van der Waals surface area contributed by atoms with Crippen molar-refractivity contribution in [1.82, 2.24) is 30.4 Å². The number of aromatic nitrogens is 2. The highest BCUT2D eigenvalue weighted by Gasteiger charge is 2.39. The number of ether oxygens (including phenoxy) is 1. The third-order valence-corrected chi connectivity index (χ3v) is 13.2. The van der Waals surface area contributed by atoms with Crippen molar-refractivity contribution in [2.45, 2.75) is 84.0 Å². The molecule has 1 unspecified atom stereocenters. The van der Waals surface area contributed by atoms with Crippen LogP contribution in [0.4, 0.5) is 4.79 Å². The van der Waals surface area contributed by atoms with Crippen LogP contribution in [0.1, 0.15) is 77.2 Å². The number of fused-ring (bicyclic) bond motifs is 1. The molecule has 1 aromatic carbocycles. The van der Waals surface area contributed by atoms with Gasteiger partial charge in [-0.2, -0.15) is 0 Å². The first-order valence-corrected chi connectivity index (χ1v) is 21.0. The Morgan fingerprint density at radius 2 is 1.46 bits per heavy atom. The number of carbonyl (C=O) groups excluding carboxylic acids is 4. The van der Waals surface area contributed by atoms with E-state index in [0.29, 0.717) is 25.3 Å². The van der Waals surface area contributed by atoms with Gasteiger partial charge in [-0.25, -0.2) is 9.78 Å². The summed E-state index contributed by atoms with van der Waals surface area (Å²) in [5.74, 6) is -0.334. The zero-order valence-corrected chi connectivity index (χ0v) is 34.0. The van der Waals surface area contributed by atoms with Crippen LogP contribution < -0.4 is 10.6 Å². The molecule has 3 aromatic heterocycles. The molecule has 0 bridgehead atoms. The van der Waals surface area contributed by atoms with Crippen LogP contribution in [0.25, 0.3) is 37.4 Å². The average Bonchev–Trinajstić information content (AvgIpc) is 4.04. The van der Waals surface area contributed by atoms with Gasteiger partial charge >= 0.3 is 6.09 Å². The first-order valence-electron chi connectivity index (χ1n) is 19.2. The van der Waals surface area contributed by atoms with Crippen LogP contribution in [-0.4, -0.2) is 99.3 Å². The van der Waals surface area contributed by atoms with E-state index >= 15 is 0 Å². The van der Waals surface area contributed by atoms with Crippen LogP contribution in [0.15, 0.2) is 52.4 Å². The standard InChI is InChI=1S/C41H49N7O6S2/c1-22(2)34(45-33(50)19-49)39(51)48-15-7-9-32(48)38-43-18-30(44-38)25-12-10-24(11-13-25)27-20-55-37-28(21-56-36(27)37)26-16-29(42-17-26)31-8-6-14-47(31)40(52)35(23(3)4)46-41(53)54-5/h10-13,17-18,20-23,31-32,34-35,49H,6-9,14-16,19H2,1-5H3,(H,43,44)(H,45,50)(H,46,53)/t31?,32-,34-,35-/m0/s1. The minimum atomic E-state index is -0.720. The number of benzene rings is 1. The lowest BCUT2D eigenvalue weighted by atomic mass is 9.98. The highest BCUT2D eigenvalue weighted by atomic mass is 32.1. The van der Waals surface area contributed by atoms with Crippen molar-refractivity contribution in [3.05, 3.63) is 58.8 Å². The molecule has 3 aliphatic rings. The molecule has 0 spiro atoms. The Balaban J connectivity index is 1.02. The van der Waals surface area contributed by atoms with Gasteiger partial charge in [0.05, 0.1) is 40.5 Å². The summed E-state index contributed by atoms with van der Waals surface area (Å²) in [4.78, 5) is 67.8. The number of hydrogen-bond acceptors (Lipinski definition) is 10. The summed E-state index contributed by atoms with van der Waals surface area (Å²) in [5.41, 5.74) is 7.45. The third-order valence-electron chi connectivity index (χ3n) is 11.0. The molecule has 0 saturated carbocycles. The zero-order valence-electron chi connectivity index (χ0n) is 32.3. The fraction of sp³-hybridized carbons (Fsp3) is 0.463. The molecule has 2 fully saturated rings. The van der Waals surface area contributed by atoms with E-state index in [-0.39, 0.29) is 35.7 Å². The van der Waals surface area contributed by atoms with E-state index in [1.54, 1.807) is 33.8 Å². The zero-order chi connectivity index (χ0) is 39.7. The molecular formula is C41H49N7O6S2. The van der Waals surface area contributed by atoms with E-state index in [9.17, 15) is 24.3 Å². The Morgan fingerprint density at radius 3 is 2.11 bits per heavy atom. The van der Waals surface area contributed by atoms with E-state index in [4.69, 9.17) is 9.73 Å². The Hall–Kier alpha value is -4.86. The highest BCUT2D eigenvalue weighted by molar-refractivity contribution is 7.27. The number of alkyl carbamates (subject to hydrolysis) is 1. The number of imidazole rings is 1. The van der Waals surface area contributed by atoms with Gasteiger partial charge in [-0.3, -0.25) is 19.4 Å². The van der Waals surface area contributed by atoms with E-state index < -0.39 is 30.7 Å². The maximum Gasteiger partial charge on any atom is 0.407 e. The number of H-pyrrole nitrogens is 1. The number of aliphatic hydroxyl groups is 1. The number of aliphatic hydroxyl groups excluding tert-OH is 1. The van der Waals surface area contributed by atoms with Gasteiger partial charge in [0, 0.05) is 53.3 Å². The van der Waals surface area contributed by atoms with Crippen molar-refractivity contribution in [3.8, 4) is 22.4 Å². The lowest BCUT2D eigenvalue weighted by Crippen LogP contribution is -2.53. The van der Waals surface area contributed by atoms with Gasteiger partial charge in [-0.05, 0) is 54.2 Å². The van der Waals surface area contributed by atoms with Crippen molar-refractivity contribution < 1.29 is 29.0 Å². The summed E-state index contributed by atoms with van der Waals surface area (Å²) in [5, 5.41) is 19.1. The predicted octanol–water partition coefficient (Wildman–Crippen LogP) is 6.37. The summed E-state index contributed by atoms with van der Waals surface area (Å²) < 4.78 is 7.23. The molecule has 0 aliphatic carbocycles. The molecule has 4 atom stereocenters. The van der Waals surface area contributed by atoms with Gasteiger partial charge in [-0.1, -0.05) is 52.0 Å². The molecule has 296 valence electrons. The lowest BCUT2D eigenvalue weighted by Gasteiger charge is -2.31. The van der Waals surface area contributed by atoms with E-state index in [1.807, 2.05) is 38.8 Å². The average molecular weight is 800 g/mol. The van der Waals surface area contributed by atoms with Crippen molar-refractivity contribution in [3.63, 3.8) is 0 Å². The quantitative estimate of drug-likeness (QED) is 0.129. The van der Waals surface area contributed by atoms with Crippen LogP contribution in [-0.2, 0) is 19.1 Å². The van der Waals surface area contributed by atoms with Gasteiger partial charge in [0.1, 0.15) is 24.5 Å². The van der Waals surface area contributed by atoms with Crippen LogP contribution in [0.5, 0.6) is 0 Å². The van der Waals surface area contributed by atoms with Gasteiger partial charge in [-0.15, -0.1) is 22.7 Å². The highest BCUT2D eigenvalue weighted by Crippen LogP contribution is 2.44. The predicted molar refractivity (Wildman–Crippen MR) is 219 cm³/mol. The summed E-state index contributed by atoms with van der Waals surface area (Å²) in [6.45, 7) is 8.15. The fourth-order valence-corrected chi connectivity index (χ4v) is 10.5. The minimum absolute atomic E-state index is 0.0875. The number of aliphatic imine (C=N–C) groups is 1. The molecule has 2 saturated heterocycles. The van der Waals surface area contributed by atoms with Crippen molar-refractivity contribution in [2.75, 3.05) is 26.8 Å². The van der Waals surface area contributed by atoms with Crippen LogP contribution >= 0.6 is 22.7 Å². The monoisotopic (exact) mass is 799 g/mol. The maximum atomic E-state index is 13.6. The molecule has 4 N–H and O–H groups in total. The minimum Gasteiger partial charge on any atom is -0.453 e. The van der Waals surface area contributed by atoms with E-state index in [1.165, 1.54) is 27.6 Å². The Morgan fingerprint density at radius 1 is 0.875 bits per heavy atom. The molecule has 4 amide bonds. The third kappa shape index (κ3) is 7.76. The number of thiophene rings is 2. The Bertz CT molecular complexity index is 2170. The van der Waals surface area contributed by atoms with Crippen LogP contribution in [0.3, 0.4) is 0 Å². The number of allylic oxidation sites excluding steroid dienone is 1. The molecule has 15 heteroatoms. The van der Waals surface area contributed by atoms with E-state index in [0.717, 1.165) is 53.8 Å². The summed E-state index contributed by atoms with van der Waals surface area (Å²) in [6.07, 6.45) is 7.17. The van der Waals surface area contributed by atoms with Crippen molar-refractivity contribution >= 4 is 67.2 Å². The van der Waals surface area contributed by atoms with E-state index in [2.05, 4.69) is 55.6 Å². The van der Waals surface area contributed by atoms with Crippen LogP contribution in [0, 0.1) is 11.8 Å². The van der Waals surface area contributed by atoms with Crippen LogP contribution in [0.2, 0.25) is 0 Å². The molecule has 7 rings (SSSR count).